The molecule has 0 N–H and O–H groups in total. The number of benzene rings is 1. The highest BCUT2D eigenvalue weighted by molar-refractivity contribution is 5.22. The first-order valence-corrected chi connectivity index (χ1v) is 6.03. The van der Waals surface area contributed by atoms with Gasteiger partial charge in [0.1, 0.15) is 0 Å². The lowest BCUT2D eigenvalue weighted by atomic mass is 10.1. The van der Waals surface area contributed by atoms with Gasteiger partial charge in [-0.2, -0.15) is 0 Å². The predicted octanol–water partition coefficient (Wildman–Crippen LogP) is 4.67. The SMILES string of the molecule is CCCCC/C=C\Cc1ccc(C)cc1. The minimum atomic E-state index is 1.08. The first kappa shape index (κ1) is 12.0. The van der Waals surface area contributed by atoms with Crippen LogP contribution in [0.3, 0.4) is 0 Å². The molecule has 0 heterocycles. The van der Waals surface area contributed by atoms with E-state index >= 15 is 0 Å². The molecule has 0 saturated heterocycles. The highest BCUT2D eigenvalue weighted by atomic mass is 13.9. The minimum absolute atomic E-state index is 1.08. The van der Waals surface area contributed by atoms with Crippen molar-refractivity contribution in [1.82, 2.24) is 0 Å². The van der Waals surface area contributed by atoms with Crippen molar-refractivity contribution in [3.8, 4) is 0 Å². The third-order valence-electron chi connectivity index (χ3n) is 2.62. The molecule has 0 amide bonds. The number of allylic oxidation sites excluding steroid dienone is 2. The topological polar surface area (TPSA) is 0 Å². The zero-order chi connectivity index (χ0) is 10.9. The normalized spacial score (nSPS) is 11.1. The summed E-state index contributed by atoms with van der Waals surface area (Å²) in [6.07, 6.45) is 10.9. The van der Waals surface area contributed by atoms with Crippen LogP contribution in [0.25, 0.3) is 0 Å². The summed E-state index contributed by atoms with van der Waals surface area (Å²) in [6.45, 7) is 4.38. The molecular weight excluding hydrogens is 180 g/mol. The van der Waals surface area contributed by atoms with Crippen LogP contribution in [0.15, 0.2) is 36.4 Å². The smallest absolute Gasteiger partial charge is 0.00975 e. The number of aryl methyl sites for hydroxylation is 1. The molecule has 0 spiro atoms. The lowest BCUT2D eigenvalue weighted by Crippen LogP contribution is -1.81. The Labute approximate surface area is 94.0 Å². The first-order valence-electron chi connectivity index (χ1n) is 6.03. The van der Waals surface area contributed by atoms with Crippen LogP contribution in [0.1, 0.15) is 43.7 Å². The number of hydrogen-bond acceptors (Lipinski definition) is 0. The number of hydrogen-bond donors (Lipinski definition) is 0. The predicted molar refractivity (Wildman–Crippen MR) is 68.2 cm³/mol. The Balaban J connectivity index is 2.22. The van der Waals surface area contributed by atoms with E-state index in [9.17, 15) is 0 Å². The maximum Gasteiger partial charge on any atom is -0.00975 e. The molecule has 0 fully saturated rings. The fourth-order valence-corrected chi connectivity index (χ4v) is 1.57. The van der Waals surface area contributed by atoms with Crippen molar-refractivity contribution < 1.29 is 0 Å². The van der Waals surface area contributed by atoms with Gasteiger partial charge in [-0.25, -0.2) is 0 Å². The summed E-state index contributed by atoms with van der Waals surface area (Å²) in [5, 5.41) is 0. The molecule has 0 aromatic heterocycles. The Bertz CT molecular complexity index is 279. The standard InChI is InChI=1S/C15H22/c1-3-4-5-6-7-8-9-15-12-10-14(2)11-13-15/h7-8,10-13H,3-6,9H2,1-2H3/b8-7-. The second-order valence-electron chi connectivity index (χ2n) is 4.16. The van der Waals surface area contributed by atoms with E-state index in [1.807, 2.05) is 0 Å². The quantitative estimate of drug-likeness (QED) is 0.464. The Morgan fingerprint density at radius 2 is 1.73 bits per heavy atom. The van der Waals surface area contributed by atoms with E-state index in [4.69, 9.17) is 0 Å². The van der Waals surface area contributed by atoms with Gasteiger partial charge in [-0.05, 0) is 31.7 Å². The highest BCUT2D eigenvalue weighted by Crippen LogP contribution is 2.05. The largest absolute Gasteiger partial charge is 0.0882 e. The lowest BCUT2D eigenvalue weighted by molar-refractivity contribution is 0.728. The van der Waals surface area contributed by atoms with Crippen molar-refractivity contribution in [2.75, 3.05) is 0 Å². The van der Waals surface area contributed by atoms with Gasteiger partial charge in [0.15, 0.2) is 0 Å². The Kier molecular flexibility index (Phi) is 5.84. The average molecular weight is 202 g/mol. The average Bonchev–Trinajstić information content (AvgIpc) is 2.26. The monoisotopic (exact) mass is 202 g/mol. The molecule has 0 atom stereocenters. The van der Waals surface area contributed by atoms with E-state index in [0.29, 0.717) is 0 Å². The molecule has 82 valence electrons. The van der Waals surface area contributed by atoms with Gasteiger partial charge in [-0.3, -0.25) is 0 Å². The molecule has 1 rings (SSSR count). The van der Waals surface area contributed by atoms with E-state index in [-0.39, 0.29) is 0 Å². The Hall–Kier alpha value is -1.04. The number of rotatable bonds is 6. The van der Waals surface area contributed by atoms with Crippen molar-refractivity contribution in [3.05, 3.63) is 47.5 Å². The third-order valence-corrected chi connectivity index (χ3v) is 2.62. The Morgan fingerprint density at radius 3 is 2.40 bits per heavy atom. The van der Waals surface area contributed by atoms with Crippen LogP contribution in [0.4, 0.5) is 0 Å². The fourth-order valence-electron chi connectivity index (χ4n) is 1.57. The lowest BCUT2D eigenvalue weighted by Gasteiger charge is -1.97. The second-order valence-corrected chi connectivity index (χ2v) is 4.16. The fraction of sp³-hybridized carbons (Fsp3) is 0.467. The van der Waals surface area contributed by atoms with Crippen LogP contribution in [0, 0.1) is 6.92 Å². The van der Waals surface area contributed by atoms with Gasteiger partial charge in [0.05, 0.1) is 0 Å². The second kappa shape index (κ2) is 7.28. The van der Waals surface area contributed by atoms with Crippen LogP contribution >= 0.6 is 0 Å². The third kappa shape index (κ3) is 5.41. The van der Waals surface area contributed by atoms with E-state index in [1.54, 1.807) is 0 Å². The molecule has 1 aromatic rings. The maximum atomic E-state index is 2.31. The van der Waals surface area contributed by atoms with Gasteiger partial charge in [-0.1, -0.05) is 61.7 Å². The Morgan fingerprint density at radius 1 is 1.00 bits per heavy atom. The molecule has 0 saturated carbocycles. The van der Waals surface area contributed by atoms with E-state index in [0.717, 1.165) is 6.42 Å². The van der Waals surface area contributed by atoms with Gasteiger partial charge in [0.25, 0.3) is 0 Å². The molecule has 0 nitrogen and oxygen atoms in total. The van der Waals surface area contributed by atoms with Crippen LogP contribution in [0.5, 0.6) is 0 Å². The molecule has 0 unspecified atom stereocenters. The van der Waals surface area contributed by atoms with Crippen LogP contribution in [-0.4, -0.2) is 0 Å². The molecular formula is C15H22. The van der Waals surface area contributed by atoms with Crippen molar-refractivity contribution in [1.29, 1.82) is 0 Å². The molecule has 15 heavy (non-hydrogen) atoms. The summed E-state index contributed by atoms with van der Waals surface area (Å²) in [6, 6.07) is 8.79. The first-order chi connectivity index (χ1) is 7.33. The highest BCUT2D eigenvalue weighted by Gasteiger charge is 1.88. The summed E-state index contributed by atoms with van der Waals surface area (Å²) in [5.74, 6) is 0. The molecule has 0 aliphatic heterocycles. The van der Waals surface area contributed by atoms with Crippen LogP contribution < -0.4 is 0 Å². The summed E-state index contributed by atoms with van der Waals surface area (Å²) in [4.78, 5) is 0. The van der Waals surface area contributed by atoms with Gasteiger partial charge < -0.3 is 0 Å². The molecule has 0 bridgehead atoms. The molecule has 0 aliphatic rings. The summed E-state index contributed by atoms with van der Waals surface area (Å²) >= 11 is 0. The van der Waals surface area contributed by atoms with Crippen molar-refractivity contribution in [2.45, 2.75) is 46.0 Å². The maximum absolute atomic E-state index is 2.31. The van der Waals surface area contributed by atoms with Gasteiger partial charge in [-0.15, -0.1) is 0 Å². The van der Waals surface area contributed by atoms with E-state index in [1.165, 1.54) is 36.8 Å². The molecule has 1 aromatic carbocycles. The summed E-state index contributed by atoms with van der Waals surface area (Å²) in [5.41, 5.74) is 2.75. The van der Waals surface area contributed by atoms with Crippen LogP contribution in [-0.2, 0) is 6.42 Å². The molecule has 0 radical (unpaired) electrons. The molecule has 0 aliphatic carbocycles. The minimum Gasteiger partial charge on any atom is -0.0882 e. The zero-order valence-corrected chi connectivity index (χ0v) is 10.00. The van der Waals surface area contributed by atoms with Gasteiger partial charge in [0.2, 0.25) is 0 Å². The zero-order valence-electron chi connectivity index (χ0n) is 10.00. The summed E-state index contributed by atoms with van der Waals surface area (Å²) in [7, 11) is 0. The van der Waals surface area contributed by atoms with Crippen molar-refractivity contribution in [2.24, 2.45) is 0 Å². The van der Waals surface area contributed by atoms with Gasteiger partial charge in [0, 0.05) is 0 Å². The number of unbranched alkanes of at least 4 members (excludes halogenated alkanes) is 3. The molecule has 0 heteroatoms. The van der Waals surface area contributed by atoms with E-state index < -0.39 is 0 Å². The van der Waals surface area contributed by atoms with Crippen molar-refractivity contribution in [3.63, 3.8) is 0 Å². The van der Waals surface area contributed by atoms with E-state index in [2.05, 4.69) is 50.3 Å². The van der Waals surface area contributed by atoms with Gasteiger partial charge >= 0.3 is 0 Å². The van der Waals surface area contributed by atoms with Crippen molar-refractivity contribution >= 4 is 0 Å². The summed E-state index contributed by atoms with van der Waals surface area (Å²) < 4.78 is 0. The van der Waals surface area contributed by atoms with Crippen LogP contribution in [0.2, 0.25) is 0 Å².